The molecule has 1 aromatic heterocycles. The van der Waals surface area contributed by atoms with Crippen LogP contribution in [-0.4, -0.2) is 18.0 Å². The molecule has 4 nitrogen and oxygen atoms in total. The number of aromatic nitrogens is 1. The van der Waals surface area contributed by atoms with Gasteiger partial charge in [0.15, 0.2) is 16.7 Å². The number of nitrogens with one attached hydrogen (secondary N) is 1. The second-order valence-electron chi connectivity index (χ2n) is 5.59. The molecule has 0 saturated carbocycles. The topological polar surface area (TPSA) is 51.2 Å². The molecule has 0 bridgehead atoms. The lowest BCUT2D eigenvalue weighted by molar-refractivity contribution is 0.102. The molecule has 0 fully saturated rings. The third kappa shape index (κ3) is 3.58. The molecule has 0 unspecified atom stereocenters. The van der Waals surface area contributed by atoms with Gasteiger partial charge >= 0.3 is 0 Å². The van der Waals surface area contributed by atoms with E-state index in [1.165, 1.54) is 30.6 Å². The molecular formula is C15H17FN2O2S. The van der Waals surface area contributed by atoms with E-state index < -0.39 is 11.7 Å². The third-order valence-electron chi connectivity index (χ3n) is 2.91. The van der Waals surface area contributed by atoms with Gasteiger partial charge in [-0.2, -0.15) is 0 Å². The maximum absolute atomic E-state index is 13.6. The summed E-state index contributed by atoms with van der Waals surface area (Å²) in [6.45, 7) is 6.14. The minimum atomic E-state index is -0.570. The zero-order valence-corrected chi connectivity index (χ0v) is 13.2. The van der Waals surface area contributed by atoms with Gasteiger partial charge in [-0.1, -0.05) is 20.8 Å². The Morgan fingerprint density at radius 2 is 2.10 bits per heavy atom. The fraction of sp³-hybridized carbons (Fsp3) is 0.333. The van der Waals surface area contributed by atoms with Crippen molar-refractivity contribution in [3.8, 4) is 5.75 Å². The lowest BCUT2D eigenvalue weighted by Crippen LogP contribution is -2.14. The summed E-state index contributed by atoms with van der Waals surface area (Å²) in [6, 6.07) is 4.08. The van der Waals surface area contributed by atoms with E-state index in [0.29, 0.717) is 5.13 Å². The first-order chi connectivity index (χ1) is 9.81. The van der Waals surface area contributed by atoms with Crippen molar-refractivity contribution >= 4 is 22.4 Å². The molecule has 1 heterocycles. The molecule has 0 spiro atoms. The Morgan fingerprint density at radius 3 is 2.62 bits per heavy atom. The highest BCUT2D eigenvalue weighted by Gasteiger charge is 2.18. The van der Waals surface area contributed by atoms with E-state index in [2.05, 4.69) is 10.3 Å². The maximum atomic E-state index is 13.6. The van der Waals surface area contributed by atoms with Crippen molar-refractivity contribution in [2.24, 2.45) is 0 Å². The van der Waals surface area contributed by atoms with Crippen LogP contribution < -0.4 is 10.1 Å². The lowest BCUT2D eigenvalue weighted by atomic mass is 9.93. The van der Waals surface area contributed by atoms with Gasteiger partial charge < -0.3 is 4.74 Å². The van der Waals surface area contributed by atoms with Gasteiger partial charge in [0, 0.05) is 16.4 Å². The molecule has 0 aliphatic heterocycles. The third-order valence-corrected chi connectivity index (χ3v) is 3.66. The Labute approximate surface area is 127 Å². The van der Waals surface area contributed by atoms with E-state index in [1.54, 1.807) is 0 Å². The molecule has 0 saturated heterocycles. The van der Waals surface area contributed by atoms with E-state index in [4.69, 9.17) is 4.74 Å². The molecule has 0 aliphatic carbocycles. The van der Waals surface area contributed by atoms with Crippen molar-refractivity contribution in [2.45, 2.75) is 26.2 Å². The molecule has 0 aliphatic rings. The predicted molar refractivity (Wildman–Crippen MR) is 81.7 cm³/mol. The van der Waals surface area contributed by atoms with Gasteiger partial charge in [0.25, 0.3) is 5.91 Å². The van der Waals surface area contributed by atoms with Gasteiger partial charge in [0.05, 0.1) is 12.8 Å². The van der Waals surface area contributed by atoms with Crippen LogP contribution in [0.4, 0.5) is 9.52 Å². The van der Waals surface area contributed by atoms with Gasteiger partial charge in [0.2, 0.25) is 0 Å². The number of anilines is 1. The van der Waals surface area contributed by atoms with E-state index in [-0.39, 0.29) is 16.7 Å². The molecule has 1 N–H and O–H groups in total. The first kappa shape index (κ1) is 15.4. The van der Waals surface area contributed by atoms with Gasteiger partial charge in [-0.05, 0) is 18.2 Å². The lowest BCUT2D eigenvalue weighted by Gasteiger charge is -2.14. The summed E-state index contributed by atoms with van der Waals surface area (Å²) in [5.74, 6) is -0.859. The summed E-state index contributed by atoms with van der Waals surface area (Å²) in [6.07, 6.45) is 0. The highest BCUT2D eigenvalue weighted by molar-refractivity contribution is 7.14. The van der Waals surface area contributed by atoms with E-state index >= 15 is 0 Å². The smallest absolute Gasteiger partial charge is 0.257 e. The van der Waals surface area contributed by atoms with E-state index in [1.807, 2.05) is 26.2 Å². The molecular weight excluding hydrogens is 291 g/mol. The highest BCUT2D eigenvalue weighted by atomic mass is 32.1. The number of rotatable bonds is 3. The number of carbonyl (C=O) groups excluding carboxylic acids is 1. The molecule has 2 rings (SSSR count). The maximum Gasteiger partial charge on any atom is 0.257 e. The van der Waals surface area contributed by atoms with Crippen molar-refractivity contribution in [3.05, 3.63) is 40.7 Å². The average molecular weight is 308 g/mol. The Bertz CT molecular complexity index is 662. The number of thiazole rings is 1. The van der Waals surface area contributed by atoms with Crippen molar-refractivity contribution < 1.29 is 13.9 Å². The number of halogens is 1. The normalized spacial score (nSPS) is 11.3. The van der Waals surface area contributed by atoms with Crippen LogP contribution in [0.5, 0.6) is 5.75 Å². The summed E-state index contributed by atoms with van der Waals surface area (Å²) < 4.78 is 18.4. The van der Waals surface area contributed by atoms with Crippen LogP contribution in [0.3, 0.4) is 0 Å². The van der Waals surface area contributed by atoms with Gasteiger partial charge in [0.1, 0.15) is 0 Å². The van der Waals surface area contributed by atoms with Crippen LogP contribution in [0, 0.1) is 5.82 Å². The summed E-state index contributed by atoms with van der Waals surface area (Å²) in [5, 5.41) is 5.08. The standard InChI is InChI=1S/C15H17FN2O2S/c1-15(2,3)12-8-21-14(17-12)18-13(19)9-5-6-11(20-4)10(16)7-9/h5-8H,1-4H3,(H,17,18,19). The average Bonchev–Trinajstić information content (AvgIpc) is 2.87. The molecule has 112 valence electrons. The van der Waals surface area contributed by atoms with Crippen molar-refractivity contribution in [1.29, 1.82) is 0 Å². The molecule has 0 atom stereocenters. The number of carbonyl (C=O) groups is 1. The highest BCUT2D eigenvalue weighted by Crippen LogP contribution is 2.27. The fourth-order valence-corrected chi connectivity index (χ4v) is 2.58. The molecule has 1 aromatic carbocycles. The van der Waals surface area contributed by atoms with Crippen LogP contribution in [0.2, 0.25) is 0 Å². The van der Waals surface area contributed by atoms with Crippen molar-refractivity contribution in [2.75, 3.05) is 12.4 Å². The minimum absolute atomic E-state index is 0.0777. The Morgan fingerprint density at radius 1 is 1.38 bits per heavy atom. The van der Waals surface area contributed by atoms with Crippen molar-refractivity contribution in [3.63, 3.8) is 0 Å². The zero-order chi connectivity index (χ0) is 15.6. The van der Waals surface area contributed by atoms with Crippen molar-refractivity contribution in [1.82, 2.24) is 4.98 Å². The number of hydrogen-bond donors (Lipinski definition) is 1. The number of benzene rings is 1. The second-order valence-corrected chi connectivity index (χ2v) is 6.45. The molecule has 1 amide bonds. The summed E-state index contributed by atoms with van der Waals surface area (Å²) in [5.41, 5.74) is 1.05. The number of methoxy groups -OCH3 is 1. The Balaban J connectivity index is 2.14. The summed E-state index contributed by atoms with van der Waals surface area (Å²) in [4.78, 5) is 16.4. The Hall–Kier alpha value is -1.95. The Kier molecular flexibility index (Phi) is 4.27. The van der Waals surface area contributed by atoms with Crippen LogP contribution in [-0.2, 0) is 5.41 Å². The quantitative estimate of drug-likeness (QED) is 0.937. The van der Waals surface area contributed by atoms with Gasteiger partial charge in [-0.3, -0.25) is 10.1 Å². The minimum Gasteiger partial charge on any atom is -0.494 e. The monoisotopic (exact) mass is 308 g/mol. The molecule has 0 radical (unpaired) electrons. The number of hydrogen-bond acceptors (Lipinski definition) is 4. The zero-order valence-electron chi connectivity index (χ0n) is 12.4. The van der Waals surface area contributed by atoms with Crippen LogP contribution in [0.15, 0.2) is 23.6 Å². The molecule has 21 heavy (non-hydrogen) atoms. The van der Waals surface area contributed by atoms with Crippen LogP contribution in [0.25, 0.3) is 0 Å². The number of amides is 1. The predicted octanol–water partition coefficient (Wildman–Crippen LogP) is 3.84. The SMILES string of the molecule is COc1ccc(C(=O)Nc2nc(C(C)(C)C)cs2)cc1F. The molecule has 6 heteroatoms. The van der Waals surface area contributed by atoms with E-state index in [9.17, 15) is 9.18 Å². The molecule has 2 aromatic rings. The van der Waals surface area contributed by atoms with Crippen LogP contribution in [0.1, 0.15) is 36.8 Å². The summed E-state index contributed by atoms with van der Waals surface area (Å²) >= 11 is 1.35. The second kappa shape index (κ2) is 5.81. The van der Waals surface area contributed by atoms with Gasteiger partial charge in [-0.15, -0.1) is 11.3 Å². The van der Waals surface area contributed by atoms with Gasteiger partial charge in [-0.25, -0.2) is 9.37 Å². The first-order valence-corrected chi connectivity index (χ1v) is 7.30. The number of ether oxygens (including phenoxy) is 1. The largest absolute Gasteiger partial charge is 0.494 e. The van der Waals surface area contributed by atoms with E-state index in [0.717, 1.165) is 11.8 Å². The van der Waals surface area contributed by atoms with Crippen LogP contribution >= 0.6 is 11.3 Å². The number of nitrogens with zero attached hydrogens (tertiary/aromatic N) is 1. The fourth-order valence-electron chi connectivity index (χ4n) is 1.65. The first-order valence-electron chi connectivity index (χ1n) is 6.42. The summed E-state index contributed by atoms with van der Waals surface area (Å²) in [7, 11) is 1.38.